The van der Waals surface area contributed by atoms with Gasteiger partial charge in [-0.25, -0.2) is 0 Å². The highest BCUT2D eigenvalue weighted by Crippen LogP contribution is 2.33. The molecule has 0 unspecified atom stereocenters. The number of nitrogens with two attached hydrogens (primary N) is 1. The molecule has 4 nitrogen and oxygen atoms in total. The maximum Gasteiger partial charge on any atom is 0.145 e. The summed E-state index contributed by atoms with van der Waals surface area (Å²) in [5.41, 5.74) is 5.62. The molecule has 1 aromatic heterocycles. The zero-order valence-electron chi connectivity index (χ0n) is 10.4. The summed E-state index contributed by atoms with van der Waals surface area (Å²) in [4.78, 5) is 2.63. The van der Waals surface area contributed by atoms with Crippen molar-refractivity contribution >= 4 is 5.82 Å². The summed E-state index contributed by atoms with van der Waals surface area (Å²) in [6, 6.07) is 1.87. The normalized spacial score (nSPS) is 20.1. The second-order valence-corrected chi connectivity index (χ2v) is 5.65. The second-order valence-electron chi connectivity index (χ2n) is 5.65. The Balaban J connectivity index is 1.47. The van der Waals surface area contributed by atoms with Gasteiger partial charge in [0.05, 0.1) is 6.54 Å². The summed E-state index contributed by atoms with van der Waals surface area (Å²) < 4.78 is 1.96. The number of nitrogens with zero attached hydrogens (tertiary/aromatic N) is 3. The molecule has 0 bridgehead atoms. The van der Waals surface area contributed by atoms with E-state index < -0.39 is 0 Å². The average Bonchev–Trinajstić information content (AvgIpc) is 3.20. The number of hydrogen-bond donors (Lipinski definition) is 1. The molecule has 0 aromatic carbocycles. The number of nitrogen functional groups attached to an aromatic ring is 1. The van der Waals surface area contributed by atoms with Crippen LogP contribution >= 0.6 is 0 Å². The molecule has 2 N–H and O–H groups in total. The number of aromatic nitrogens is 2. The van der Waals surface area contributed by atoms with Gasteiger partial charge in [-0.1, -0.05) is 0 Å². The van der Waals surface area contributed by atoms with Crippen LogP contribution in [0.5, 0.6) is 0 Å². The topological polar surface area (TPSA) is 47.1 Å². The molecule has 0 amide bonds. The lowest BCUT2D eigenvalue weighted by Crippen LogP contribution is -2.31. The Kier molecular flexibility index (Phi) is 3.05. The van der Waals surface area contributed by atoms with Crippen LogP contribution in [-0.4, -0.2) is 34.3 Å². The monoisotopic (exact) mass is 234 g/mol. The third kappa shape index (κ3) is 3.46. The lowest BCUT2D eigenvalue weighted by atomic mass is 10.3. The van der Waals surface area contributed by atoms with Gasteiger partial charge in [0.25, 0.3) is 0 Å². The van der Waals surface area contributed by atoms with Crippen molar-refractivity contribution in [2.75, 3.05) is 25.4 Å². The molecule has 3 rings (SSSR count). The SMILES string of the molecule is Nc1ccn(CCN(CC2CC2)CC2CC2)n1. The maximum absolute atomic E-state index is 5.62. The van der Waals surface area contributed by atoms with Crippen LogP contribution in [0.25, 0.3) is 0 Å². The van der Waals surface area contributed by atoms with Crippen LogP contribution in [0.4, 0.5) is 5.82 Å². The lowest BCUT2D eigenvalue weighted by Gasteiger charge is -2.21. The minimum atomic E-state index is 0.626. The van der Waals surface area contributed by atoms with Gasteiger partial charge in [0.15, 0.2) is 0 Å². The van der Waals surface area contributed by atoms with E-state index in [0.29, 0.717) is 5.82 Å². The number of rotatable bonds is 7. The van der Waals surface area contributed by atoms with Gasteiger partial charge in [-0.15, -0.1) is 0 Å². The molecule has 94 valence electrons. The van der Waals surface area contributed by atoms with Crippen molar-refractivity contribution in [1.29, 1.82) is 0 Å². The first-order chi connectivity index (χ1) is 8.29. The number of hydrogen-bond acceptors (Lipinski definition) is 3. The van der Waals surface area contributed by atoms with Gasteiger partial charge in [-0.2, -0.15) is 5.10 Å². The Hall–Kier alpha value is -1.03. The van der Waals surface area contributed by atoms with Gasteiger partial charge in [0, 0.05) is 25.8 Å². The van der Waals surface area contributed by atoms with Crippen molar-refractivity contribution < 1.29 is 0 Å². The van der Waals surface area contributed by atoms with Crippen molar-refractivity contribution in [2.45, 2.75) is 32.2 Å². The molecule has 0 radical (unpaired) electrons. The molecule has 0 saturated heterocycles. The fraction of sp³-hybridized carbons (Fsp3) is 0.769. The highest BCUT2D eigenvalue weighted by atomic mass is 15.3. The molecule has 4 heteroatoms. The van der Waals surface area contributed by atoms with Gasteiger partial charge in [-0.05, 0) is 43.6 Å². The van der Waals surface area contributed by atoms with Gasteiger partial charge in [0.2, 0.25) is 0 Å². The highest BCUT2D eigenvalue weighted by molar-refractivity contribution is 5.23. The van der Waals surface area contributed by atoms with E-state index in [2.05, 4.69) is 10.00 Å². The van der Waals surface area contributed by atoms with E-state index in [1.807, 2.05) is 16.9 Å². The Bertz CT molecular complexity index is 351. The highest BCUT2D eigenvalue weighted by Gasteiger charge is 2.28. The van der Waals surface area contributed by atoms with Gasteiger partial charge >= 0.3 is 0 Å². The van der Waals surface area contributed by atoms with E-state index in [1.54, 1.807) is 0 Å². The smallest absolute Gasteiger partial charge is 0.145 e. The molecular weight excluding hydrogens is 212 g/mol. The van der Waals surface area contributed by atoms with Crippen molar-refractivity contribution in [3.05, 3.63) is 12.3 Å². The molecule has 0 spiro atoms. The van der Waals surface area contributed by atoms with Crippen LogP contribution in [0.1, 0.15) is 25.7 Å². The molecular formula is C13H22N4. The number of anilines is 1. The van der Waals surface area contributed by atoms with Crippen LogP contribution in [0, 0.1) is 11.8 Å². The van der Waals surface area contributed by atoms with Gasteiger partial charge in [0.1, 0.15) is 5.82 Å². The zero-order chi connectivity index (χ0) is 11.7. The molecule has 1 aromatic rings. The van der Waals surface area contributed by atoms with E-state index in [-0.39, 0.29) is 0 Å². The molecule has 0 aliphatic heterocycles. The first-order valence-corrected chi connectivity index (χ1v) is 6.81. The minimum absolute atomic E-state index is 0.626. The van der Waals surface area contributed by atoms with Crippen LogP contribution in [0.2, 0.25) is 0 Å². The van der Waals surface area contributed by atoms with Gasteiger partial charge < -0.3 is 10.6 Å². The first kappa shape index (κ1) is 11.1. The van der Waals surface area contributed by atoms with Crippen LogP contribution in [0.3, 0.4) is 0 Å². The molecule has 0 atom stereocenters. The minimum Gasteiger partial charge on any atom is -0.382 e. The van der Waals surface area contributed by atoms with Crippen molar-refractivity contribution in [2.24, 2.45) is 11.8 Å². The largest absolute Gasteiger partial charge is 0.382 e. The summed E-state index contributed by atoms with van der Waals surface area (Å²) in [6.07, 6.45) is 7.74. The van der Waals surface area contributed by atoms with Crippen molar-refractivity contribution in [3.8, 4) is 0 Å². The molecule has 2 fully saturated rings. The Morgan fingerprint density at radius 1 is 1.24 bits per heavy atom. The molecule has 1 heterocycles. The fourth-order valence-corrected chi connectivity index (χ4v) is 2.33. The second kappa shape index (κ2) is 4.69. The molecule has 2 saturated carbocycles. The first-order valence-electron chi connectivity index (χ1n) is 6.81. The summed E-state index contributed by atoms with van der Waals surface area (Å²) in [6.45, 7) is 4.69. The Morgan fingerprint density at radius 2 is 1.88 bits per heavy atom. The van der Waals surface area contributed by atoms with Crippen molar-refractivity contribution in [3.63, 3.8) is 0 Å². The summed E-state index contributed by atoms with van der Waals surface area (Å²) in [7, 11) is 0. The van der Waals surface area contributed by atoms with E-state index in [0.717, 1.165) is 24.9 Å². The standard InChI is InChI=1S/C13H22N4/c14-13-5-6-17(15-13)8-7-16(9-11-1-2-11)10-12-3-4-12/h5-6,11-12H,1-4,7-10H2,(H2,14,15). The Labute approximate surface area is 103 Å². The Morgan fingerprint density at radius 3 is 2.35 bits per heavy atom. The van der Waals surface area contributed by atoms with Crippen LogP contribution in [-0.2, 0) is 6.54 Å². The molecule has 2 aliphatic carbocycles. The third-order valence-corrected chi connectivity index (χ3v) is 3.73. The summed E-state index contributed by atoms with van der Waals surface area (Å²) in [5, 5.41) is 4.24. The van der Waals surface area contributed by atoms with E-state index >= 15 is 0 Å². The summed E-state index contributed by atoms with van der Waals surface area (Å²) >= 11 is 0. The van der Waals surface area contributed by atoms with Crippen molar-refractivity contribution in [1.82, 2.24) is 14.7 Å². The van der Waals surface area contributed by atoms with Crippen LogP contribution in [0.15, 0.2) is 12.3 Å². The van der Waals surface area contributed by atoms with Gasteiger partial charge in [-0.3, -0.25) is 4.68 Å². The zero-order valence-corrected chi connectivity index (χ0v) is 10.4. The maximum atomic E-state index is 5.62. The lowest BCUT2D eigenvalue weighted by molar-refractivity contribution is 0.239. The average molecular weight is 234 g/mol. The van der Waals surface area contributed by atoms with E-state index in [1.165, 1.54) is 38.8 Å². The summed E-state index contributed by atoms with van der Waals surface area (Å²) in [5.74, 6) is 2.59. The predicted molar refractivity (Wildman–Crippen MR) is 68.5 cm³/mol. The fourth-order valence-electron chi connectivity index (χ4n) is 2.33. The molecule has 2 aliphatic rings. The third-order valence-electron chi connectivity index (χ3n) is 3.73. The predicted octanol–water partition coefficient (Wildman–Crippen LogP) is 1.59. The quantitative estimate of drug-likeness (QED) is 0.779. The van der Waals surface area contributed by atoms with E-state index in [9.17, 15) is 0 Å². The molecule has 17 heavy (non-hydrogen) atoms. The van der Waals surface area contributed by atoms with E-state index in [4.69, 9.17) is 5.73 Å². The van der Waals surface area contributed by atoms with Crippen LogP contribution < -0.4 is 5.73 Å².